The van der Waals surface area contributed by atoms with E-state index in [1.807, 2.05) is 41.3 Å². The number of hydrogen-bond acceptors (Lipinski definition) is 5. The topological polar surface area (TPSA) is 60.0 Å². The first-order chi connectivity index (χ1) is 14.6. The number of fused-ring (bicyclic) bond motifs is 2. The monoisotopic (exact) mass is 402 g/mol. The number of anilines is 1. The van der Waals surface area contributed by atoms with Crippen LogP contribution in [0.4, 0.5) is 5.69 Å². The maximum Gasteiger partial charge on any atom is 0.258 e. The molecule has 0 fully saturated rings. The highest BCUT2D eigenvalue weighted by Gasteiger charge is 2.34. The number of nitrogens with one attached hydrogen (secondary N) is 1. The van der Waals surface area contributed by atoms with E-state index in [-0.39, 0.29) is 18.9 Å². The van der Waals surface area contributed by atoms with E-state index >= 15 is 0 Å². The van der Waals surface area contributed by atoms with Crippen molar-refractivity contribution in [1.82, 2.24) is 4.90 Å². The van der Waals surface area contributed by atoms with Gasteiger partial charge in [0.05, 0.1) is 12.7 Å². The summed E-state index contributed by atoms with van der Waals surface area (Å²) in [5, 5.41) is 3.52. The van der Waals surface area contributed by atoms with E-state index in [1.54, 1.807) is 7.11 Å². The van der Waals surface area contributed by atoms with Gasteiger partial charge in [0.15, 0.2) is 11.5 Å². The van der Waals surface area contributed by atoms with Crippen molar-refractivity contribution in [3.63, 3.8) is 0 Å². The fourth-order valence-corrected chi connectivity index (χ4v) is 3.92. The number of amides is 1. The zero-order valence-corrected chi connectivity index (χ0v) is 16.8. The van der Waals surface area contributed by atoms with Crippen LogP contribution in [0.3, 0.4) is 0 Å². The second-order valence-corrected chi connectivity index (χ2v) is 7.47. The highest BCUT2D eigenvalue weighted by Crippen LogP contribution is 2.45. The largest absolute Gasteiger partial charge is 0.493 e. The first-order valence-electron chi connectivity index (χ1n) is 9.83. The normalized spacial score (nSPS) is 16.8. The Balaban J connectivity index is 1.59. The van der Waals surface area contributed by atoms with E-state index in [9.17, 15) is 4.79 Å². The van der Waals surface area contributed by atoms with Crippen LogP contribution in [0.1, 0.15) is 33.2 Å². The molecule has 2 aliphatic rings. The summed E-state index contributed by atoms with van der Waals surface area (Å²) in [4.78, 5) is 15.3. The van der Waals surface area contributed by atoms with E-state index in [0.29, 0.717) is 29.4 Å². The van der Waals surface area contributed by atoms with Gasteiger partial charge in [-0.3, -0.25) is 4.79 Å². The van der Waals surface area contributed by atoms with E-state index in [0.717, 1.165) is 16.8 Å². The van der Waals surface area contributed by atoms with Crippen molar-refractivity contribution in [3.05, 3.63) is 82.9 Å². The Morgan fingerprint density at radius 1 is 1.10 bits per heavy atom. The molecular formula is C24H22N2O4. The molecule has 0 radical (unpaired) electrons. The third-order valence-corrected chi connectivity index (χ3v) is 5.49. The highest BCUT2D eigenvalue weighted by atomic mass is 16.7. The molecule has 30 heavy (non-hydrogen) atoms. The summed E-state index contributed by atoms with van der Waals surface area (Å²) in [5.41, 5.74) is 4.58. The Bertz CT molecular complexity index is 1110. The minimum absolute atomic E-state index is 0.0217. The SMILES string of the molecule is COc1cc([C@H]2Nc3ccccc3C(=O)N2Cc2ccc(C)cc2)cc2c1OCO2. The van der Waals surface area contributed by atoms with Gasteiger partial charge in [0.2, 0.25) is 12.5 Å². The average Bonchev–Trinajstić information content (AvgIpc) is 3.25. The van der Waals surface area contributed by atoms with Crippen LogP contribution in [0.2, 0.25) is 0 Å². The number of carbonyl (C=O) groups excluding carboxylic acids is 1. The fraction of sp³-hybridized carbons (Fsp3) is 0.208. The summed E-state index contributed by atoms with van der Waals surface area (Å²) in [5.74, 6) is 1.77. The molecule has 0 saturated heterocycles. The second kappa shape index (κ2) is 7.30. The van der Waals surface area contributed by atoms with Crippen LogP contribution in [0.25, 0.3) is 0 Å². The Morgan fingerprint density at radius 2 is 1.90 bits per heavy atom. The summed E-state index contributed by atoms with van der Waals surface area (Å²) < 4.78 is 16.6. The van der Waals surface area contributed by atoms with Crippen LogP contribution in [0.15, 0.2) is 60.7 Å². The third-order valence-electron chi connectivity index (χ3n) is 5.49. The molecule has 0 aliphatic carbocycles. The lowest BCUT2D eigenvalue weighted by Gasteiger charge is -2.38. The molecule has 3 aromatic rings. The van der Waals surface area contributed by atoms with Gasteiger partial charge in [-0.05, 0) is 36.8 Å². The second-order valence-electron chi connectivity index (χ2n) is 7.47. The van der Waals surface area contributed by atoms with Crippen molar-refractivity contribution in [3.8, 4) is 17.2 Å². The molecule has 0 aromatic heterocycles. The molecule has 152 valence electrons. The smallest absolute Gasteiger partial charge is 0.258 e. The van der Waals surface area contributed by atoms with Gasteiger partial charge in [0.1, 0.15) is 6.17 Å². The maximum absolute atomic E-state index is 13.5. The van der Waals surface area contributed by atoms with Crippen LogP contribution in [-0.2, 0) is 6.54 Å². The predicted octanol–water partition coefficient (Wildman–Crippen LogP) is 4.50. The first kappa shape index (κ1) is 18.4. The number of rotatable bonds is 4. The molecule has 2 aliphatic heterocycles. The zero-order chi connectivity index (χ0) is 20.7. The number of benzene rings is 3. The molecule has 0 saturated carbocycles. The molecule has 6 heteroatoms. The Labute approximate surface area is 175 Å². The molecule has 0 bridgehead atoms. The summed E-state index contributed by atoms with van der Waals surface area (Å²) in [6.07, 6.45) is -0.378. The van der Waals surface area contributed by atoms with Gasteiger partial charge in [-0.25, -0.2) is 0 Å². The third kappa shape index (κ3) is 3.10. The van der Waals surface area contributed by atoms with Crippen molar-refractivity contribution < 1.29 is 19.0 Å². The lowest BCUT2D eigenvalue weighted by molar-refractivity contribution is 0.0666. The number of para-hydroxylation sites is 1. The van der Waals surface area contributed by atoms with Crippen molar-refractivity contribution in [2.75, 3.05) is 19.2 Å². The van der Waals surface area contributed by atoms with Gasteiger partial charge in [0.25, 0.3) is 5.91 Å². The zero-order valence-electron chi connectivity index (χ0n) is 16.8. The average molecular weight is 402 g/mol. The summed E-state index contributed by atoms with van der Waals surface area (Å²) in [6.45, 7) is 2.68. The van der Waals surface area contributed by atoms with Crippen molar-refractivity contribution in [1.29, 1.82) is 0 Å². The van der Waals surface area contributed by atoms with Crippen molar-refractivity contribution >= 4 is 11.6 Å². The fourth-order valence-electron chi connectivity index (χ4n) is 3.92. The number of carbonyl (C=O) groups is 1. The van der Waals surface area contributed by atoms with Gasteiger partial charge < -0.3 is 24.4 Å². The minimum Gasteiger partial charge on any atom is -0.493 e. The lowest BCUT2D eigenvalue weighted by Crippen LogP contribution is -2.42. The Kier molecular flexibility index (Phi) is 4.47. The molecule has 0 unspecified atom stereocenters. The number of ether oxygens (including phenoxy) is 3. The van der Waals surface area contributed by atoms with Crippen LogP contribution < -0.4 is 19.5 Å². The van der Waals surface area contributed by atoms with Gasteiger partial charge in [-0.15, -0.1) is 0 Å². The highest BCUT2D eigenvalue weighted by molar-refractivity contribution is 6.01. The van der Waals surface area contributed by atoms with E-state index in [2.05, 4.69) is 36.5 Å². The number of nitrogens with zero attached hydrogens (tertiary/aromatic N) is 1. The van der Waals surface area contributed by atoms with Crippen LogP contribution in [0.5, 0.6) is 17.2 Å². The van der Waals surface area contributed by atoms with Crippen molar-refractivity contribution in [2.24, 2.45) is 0 Å². The van der Waals surface area contributed by atoms with Gasteiger partial charge in [0, 0.05) is 17.8 Å². The molecule has 1 atom stereocenters. The van der Waals surface area contributed by atoms with Crippen LogP contribution in [-0.4, -0.2) is 24.7 Å². The minimum atomic E-state index is -0.378. The van der Waals surface area contributed by atoms with Gasteiger partial charge >= 0.3 is 0 Å². The van der Waals surface area contributed by atoms with E-state index in [4.69, 9.17) is 14.2 Å². The van der Waals surface area contributed by atoms with Crippen molar-refractivity contribution in [2.45, 2.75) is 19.6 Å². The molecule has 1 N–H and O–H groups in total. The van der Waals surface area contributed by atoms with Crippen LogP contribution in [0, 0.1) is 6.92 Å². The molecule has 3 aromatic carbocycles. The van der Waals surface area contributed by atoms with E-state index < -0.39 is 0 Å². The maximum atomic E-state index is 13.5. The quantitative estimate of drug-likeness (QED) is 0.696. The standard InChI is InChI=1S/C24H22N2O4/c1-15-7-9-16(10-8-15)13-26-23(25-19-6-4-3-5-18(19)24(26)27)17-11-20(28-2)22-21(12-17)29-14-30-22/h3-12,23,25H,13-14H2,1-2H3/t23-/m0/s1. The Morgan fingerprint density at radius 3 is 2.70 bits per heavy atom. The summed E-state index contributed by atoms with van der Waals surface area (Å²) in [6, 6.07) is 19.6. The Hall–Kier alpha value is -3.67. The molecule has 6 nitrogen and oxygen atoms in total. The summed E-state index contributed by atoms with van der Waals surface area (Å²) in [7, 11) is 1.60. The molecule has 0 spiro atoms. The van der Waals surface area contributed by atoms with Crippen LogP contribution >= 0.6 is 0 Å². The first-order valence-corrected chi connectivity index (χ1v) is 9.83. The number of hydrogen-bond donors (Lipinski definition) is 1. The number of methoxy groups -OCH3 is 1. The lowest BCUT2D eigenvalue weighted by atomic mass is 10.0. The van der Waals surface area contributed by atoms with Gasteiger partial charge in [-0.1, -0.05) is 42.0 Å². The molecular weight excluding hydrogens is 380 g/mol. The molecule has 1 amide bonds. The molecule has 5 rings (SSSR count). The predicted molar refractivity (Wildman–Crippen MR) is 113 cm³/mol. The molecule has 2 heterocycles. The number of aryl methyl sites for hydroxylation is 1. The van der Waals surface area contributed by atoms with E-state index in [1.165, 1.54) is 5.56 Å². The summed E-state index contributed by atoms with van der Waals surface area (Å²) >= 11 is 0. The van der Waals surface area contributed by atoms with Gasteiger partial charge in [-0.2, -0.15) is 0 Å².